The van der Waals surface area contributed by atoms with Crippen LogP contribution in [0.25, 0.3) is 106 Å². The lowest BCUT2D eigenvalue weighted by Crippen LogP contribution is -1.98. The van der Waals surface area contributed by atoms with Crippen molar-refractivity contribution in [3.8, 4) is 67.5 Å². The summed E-state index contributed by atoms with van der Waals surface area (Å²) in [6.07, 6.45) is 0. The summed E-state index contributed by atoms with van der Waals surface area (Å²) in [7, 11) is 0. The van der Waals surface area contributed by atoms with Gasteiger partial charge in [0.15, 0.2) is 5.82 Å². The molecule has 0 unspecified atom stereocenters. The first-order valence-corrected chi connectivity index (χ1v) is 18.8. The summed E-state index contributed by atoms with van der Waals surface area (Å²) < 4.78 is 8.29. The number of para-hydroxylation sites is 1. The van der Waals surface area contributed by atoms with Crippen molar-refractivity contribution in [2.45, 2.75) is 0 Å². The second-order valence-electron chi connectivity index (χ2n) is 14.1. The monoisotopic (exact) mass is 716 g/mol. The minimum Gasteiger partial charge on any atom is -0.456 e. The Labute approximate surface area is 322 Å². The van der Waals surface area contributed by atoms with Gasteiger partial charge >= 0.3 is 0 Å². The summed E-state index contributed by atoms with van der Waals surface area (Å²) in [6, 6.07) is 67.3. The molecule has 7 aromatic carbocycles. The molecule has 0 aliphatic rings. The Bertz CT molecular complexity index is 3240. The van der Waals surface area contributed by atoms with Gasteiger partial charge in [-0.2, -0.15) is 5.10 Å². The van der Waals surface area contributed by atoms with E-state index >= 15 is 0 Å². The highest BCUT2D eigenvalue weighted by Gasteiger charge is 2.22. The fourth-order valence-corrected chi connectivity index (χ4v) is 7.95. The molecular weight excluding hydrogens is 685 g/mol. The average Bonchev–Trinajstić information content (AvgIpc) is 3.86. The zero-order valence-corrected chi connectivity index (χ0v) is 30.2. The van der Waals surface area contributed by atoms with Gasteiger partial charge in [-0.25, -0.2) is 14.5 Å². The van der Waals surface area contributed by atoms with E-state index in [0.717, 1.165) is 99.9 Å². The molecule has 11 aromatic rings. The summed E-state index contributed by atoms with van der Waals surface area (Å²) in [5.41, 5.74) is 13.7. The van der Waals surface area contributed by atoms with Crippen LogP contribution in [0.3, 0.4) is 0 Å². The first kappa shape index (κ1) is 31.9. The maximum absolute atomic E-state index is 6.15. The fraction of sp³-hybridized carbons (Fsp3) is 0. The van der Waals surface area contributed by atoms with Crippen molar-refractivity contribution in [3.63, 3.8) is 0 Å². The SMILES string of the molecule is c1ccc(-c2cc(-c3cccc(-c4cc5ccccc5c5c(-c6ccccc6)c(-c6ccccc6)nn45)c3)nc(-c3ccc4oc5ccccc5c4c3)n2)cc1. The van der Waals surface area contributed by atoms with Crippen molar-refractivity contribution in [1.82, 2.24) is 19.6 Å². The van der Waals surface area contributed by atoms with Gasteiger partial charge < -0.3 is 4.42 Å². The van der Waals surface area contributed by atoms with Gasteiger partial charge in [-0.1, -0.05) is 152 Å². The van der Waals surface area contributed by atoms with E-state index in [1.807, 2.05) is 54.6 Å². The number of nitrogens with zero attached hydrogens (tertiary/aromatic N) is 4. The Balaban J connectivity index is 1.12. The van der Waals surface area contributed by atoms with Crippen LogP contribution in [0.5, 0.6) is 0 Å². The average molecular weight is 717 g/mol. The summed E-state index contributed by atoms with van der Waals surface area (Å²) >= 11 is 0. The number of benzene rings is 7. The van der Waals surface area contributed by atoms with Crippen LogP contribution in [0.1, 0.15) is 0 Å². The smallest absolute Gasteiger partial charge is 0.160 e. The van der Waals surface area contributed by atoms with Crippen molar-refractivity contribution >= 4 is 38.2 Å². The van der Waals surface area contributed by atoms with Gasteiger partial charge in [0.05, 0.1) is 22.6 Å². The van der Waals surface area contributed by atoms with E-state index in [0.29, 0.717) is 5.82 Å². The van der Waals surface area contributed by atoms with E-state index < -0.39 is 0 Å². The molecule has 0 aliphatic heterocycles. The van der Waals surface area contributed by atoms with E-state index in [1.165, 1.54) is 0 Å². The quantitative estimate of drug-likeness (QED) is 0.172. The summed E-state index contributed by atoms with van der Waals surface area (Å²) in [5.74, 6) is 0.652. The van der Waals surface area contributed by atoms with Crippen LogP contribution in [0, 0.1) is 0 Å². The van der Waals surface area contributed by atoms with Gasteiger partial charge in [-0.15, -0.1) is 0 Å². The minimum absolute atomic E-state index is 0.652. The summed E-state index contributed by atoms with van der Waals surface area (Å²) in [4.78, 5) is 10.4. The van der Waals surface area contributed by atoms with Crippen LogP contribution in [0.15, 0.2) is 199 Å². The highest BCUT2D eigenvalue weighted by atomic mass is 16.3. The third kappa shape index (κ3) is 5.37. The second-order valence-corrected chi connectivity index (χ2v) is 14.1. The van der Waals surface area contributed by atoms with Gasteiger partial charge in [-0.3, -0.25) is 0 Å². The van der Waals surface area contributed by atoms with E-state index in [1.54, 1.807) is 0 Å². The van der Waals surface area contributed by atoms with Gasteiger partial charge in [0.2, 0.25) is 0 Å². The standard InChI is InChI=1S/C51H32N4O/c1-4-15-33(16-5-1)43-32-44(53-51(52-43)39-27-28-47-42(30-39)41-25-12-13-26-46(41)56-47)37-22-14-23-38(29-37)45-31-36-21-10-11-24-40(36)50-48(34-17-6-2-7-18-34)49(54-55(45)50)35-19-8-3-9-20-35/h1-32H. The van der Waals surface area contributed by atoms with Crippen LogP contribution in [-0.4, -0.2) is 19.6 Å². The first-order chi connectivity index (χ1) is 27.7. The number of furan rings is 1. The van der Waals surface area contributed by atoms with E-state index in [4.69, 9.17) is 19.5 Å². The molecule has 0 N–H and O–H groups in total. The zero-order valence-electron chi connectivity index (χ0n) is 30.2. The molecule has 0 saturated carbocycles. The molecule has 5 heteroatoms. The summed E-state index contributed by atoms with van der Waals surface area (Å²) in [5, 5.41) is 9.83. The Morgan fingerprint density at radius 3 is 1.79 bits per heavy atom. The third-order valence-corrected chi connectivity index (χ3v) is 10.6. The molecule has 0 spiro atoms. The van der Waals surface area contributed by atoms with Crippen molar-refractivity contribution in [1.29, 1.82) is 0 Å². The van der Waals surface area contributed by atoms with Crippen molar-refractivity contribution in [2.75, 3.05) is 0 Å². The minimum atomic E-state index is 0.652. The van der Waals surface area contributed by atoms with E-state index in [-0.39, 0.29) is 0 Å². The Kier molecular flexibility index (Phi) is 7.42. The molecule has 0 aliphatic carbocycles. The van der Waals surface area contributed by atoms with Crippen LogP contribution in [0.2, 0.25) is 0 Å². The highest BCUT2D eigenvalue weighted by Crippen LogP contribution is 2.41. The topological polar surface area (TPSA) is 56.2 Å². The molecule has 0 fully saturated rings. The Morgan fingerprint density at radius 2 is 1.00 bits per heavy atom. The lowest BCUT2D eigenvalue weighted by atomic mass is 9.96. The van der Waals surface area contributed by atoms with E-state index in [9.17, 15) is 0 Å². The van der Waals surface area contributed by atoms with Crippen molar-refractivity contribution in [2.24, 2.45) is 0 Å². The predicted molar refractivity (Wildman–Crippen MR) is 228 cm³/mol. The molecule has 262 valence electrons. The van der Waals surface area contributed by atoms with Crippen molar-refractivity contribution < 1.29 is 4.42 Å². The lowest BCUT2D eigenvalue weighted by molar-refractivity contribution is 0.669. The second kappa shape index (κ2) is 13.0. The van der Waals surface area contributed by atoms with Crippen LogP contribution in [0.4, 0.5) is 0 Å². The van der Waals surface area contributed by atoms with Crippen LogP contribution in [-0.2, 0) is 0 Å². The molecule has 0 atom stereocenters. The molecule has 4 heterocycles. The summed E-state index contributed by atoms with van der Waals surface area (Å²) in [6.45, 7) is 0. The van der Waals surface area contributed by atoms with Crippen molar-refractivity contribution in [3.05, 3.63) is 194 Å². The number of aromatic nitrogens is 4. The molecule has 0 amide bonds. The van der Waals surface area contributed by atoms with Gasteiger partial charge in [0.25, 0.3) is 0 Å². The van der Waals surface area contributed by atoms with Crippen LogP contribution < -0.4 is 0 Å². The largest absolute Gasteiger partial charge is 0.456 e. The number of rotatable bonds is 6. The molecule has 5 nitrogen and oxygen atoms in total. The highest BCUT2D eigenvalue weighted by molar-refractivity contribution is 6.09. The molecule has 11 rings (SSSR count). The fourth-order valence-electron chi connectivity index (χ4n) is 7.95. The normalized spacial score (nSPS) is 11.6. The molecule has 56 heavy (non-hydrogen) atoms. The first-order valence-electron chi connectivity index (χ1n) is 18.8. The lowest BCUT2D eigenvalue weighted by Gasteiger charge is -2.13. The molecule has 0 bridgehead atoms. The maximum Gasteiger partial charge on any atom is 0.160 e. The zero-order chi connectivity index (χ0) is 37.0. The van der Waals surface area contributed by atoms with Gasteiger partial charge in [0, 0.05) is 49.5 Å². The third-order valence-electron chi connectivity index (χ3n) is 10.6. The maximum atomic E-state index is 6.15. The van der Waals surface area contributed by atoms with E-state index in [2.05, 4.69) is 144 Å². The van der Waals surface area contributed by atoms with Gasteiger partial charge in [0.1, 0.15) is 16.9 Å². The number of hydrogen-bond donors (Lipinski definition) is 0. The predicted octanol–water partition coefficient (Wildman–Crippen LogP) is 13.2. The Hall–Kier alpha value is -7.63. The molecule has 4 aromatic heterocycles. The van der Waals surface area contributed by atoms with Crippen LogP contribution >= 0.6 is 0 Å². The Morgan fingerprint density at radius 1 is 0.393 bits per heavy atom. The molecule has 0 radical (unpaired) electrons. The van der Waals surface area contributed by atoms with Gasteiger partial charge in [-0.05, 0) is 53.4 Å². The number of pyridine rings is 1. The number of fused-ring (bicyclic) bond motifs is 6. The molecule has 0 saturated heterocycles. The molecular formula is C51H32N4O. The number of hydrogen-bond acceptors (Lipinski definition) is 4.